The van der Waals surface area contributed by atoms with Crippen molar-refractivity contribution < 1.29 is 23.8 Å². The lowest BCUT2D eigenvalue weighted by molar-refractivity contribution is -0.118. The molecule has 10 nitrogen and oxygen atoms in total. The summed E-state index contributed by atoms with van der Waals surface area (Å²) in [4.78, 5) is 29.7. The SMILES string of the molecule is COc1ccc(NC(=O)COc2c(Cl)cc(/C=N/NC(=O)c3ccc(-c4csc(Nc5ccc(C)cc5)n4)cc3)cc2OC)cc1. The summed E-state index contributed by atoms with van der Waals surface area (Å²) in [5.74, 6) is 0.414. The number of aryl methyl sites for hydroxylation is 1. The molecule has 3 N–H and O–H groups in total. The number of rotatable bonds is 12. The third kappa shape index (κ3) is 8.40. The van der Waals surface area contributed by atoms with Crippen molar-refractivity contribution >= 4 is 57.5 Å². The van der Waals surface area contributed by atoms with E-state index in [-0.39, 0.29) is 29.2 Å². The average molecular weight is 656 g/mol. The number of ether oxygens (including phenoxy) is 3. The highest BCUT2D eigenvalue weighted by molar-refractivity contribution is 7.14. The molecule has 0 unspecified atom stereocenters. The van der Waals surface area contributed by atoms with Gasteiger partial charge in [0.2, 0.25) is 0 Å². The van der Waals surface area contributed by atoms with Crippen LogP contribution in [-0.2, 0) is 4.79 Å². The van der Waals surface area contributed by atoms with Crippen molar-refractivity contribution in [2.45, 2.75) is 6.92 Å². The van der Waals surface area contributed by atoms with Gasteiger partial charge in [0.15, 0.2) is 23.2 Å². The summed E-state index contributed by atoms with van der Waals surface area (Å²) in [5.41, 5.74) is 7.94. The maximum atomic E-state index is 12.7. The predicted octanol–water partition coefficient (Wildman–Crippen LogP) is 7.31. The van der Waals surface area contributed by atoms with Crippen LogP contribution in [0, 0.1) is 6.92 Å². The molecule has 12 heteroatoms. The number of hydrazone groups is 1. The standard InChI is InChI=1S/C34H30ClN5O5S/c1-21-4-10-26(11-5-21)38-34-39-29(20-46-34)23-6-8-24(9-7-23)33(42)40-36-18-22-16-28(35)32(30(17-22)44-3)45-19-31(41)37-25-12-14-27(43-2)15-13-25/h4-18,20H,19H2,1-3H3,(H,37,41)(H,38,39)(H,40,42)/b36-18+. The summed E-state index contributed by atoms with van der Waals surface area (Å²) in [6, 6.07) is 25.3. The number of carbonyl (C=O) groups is 2. The van der Waals surface area contributed by atoms with Crippen LogP contribution in [0.15, 0.2) is 95.4 Å². The Bertz CT molecular complexity index is 1840. The molecule has 0 saturated heterocycles. The van der Waals surface area contributed by atoms with E-state index in [2.05, 4.69) is 26.1 Å². The zero-order valence-electron chi connectivity index (χ0n) is 25.2. The fourth-order valence-corrected chi connectivity index (χ4v) is 5.22. The number of hydrogen-bond donors (Lipinski definition) is 3. The van der Waals surface area contributed by atoms with Crippen molar-refractivity contribution in [2.24, 2.45) is 5.10 Å². The van der Waals surface area contributed by atoms with Crippen LogP contribution in [0.5, 0.6) is 17.2 Å². The molecule has 0 radical (unpaired) electrons. The van der Waals surface area contributed by atoms with Crippen LogP contribution in [0.25, 0.3) is 11.3 Å². The molecular weight excluding hydrogens is 626 g/mol. The molecule has 4 aromatic carbocycles. The second kappa shape index (κ2) is 15.1. The van der Waals surface area contributed by atoms with E-state index in [4.69, 9.17) is 25.8 Å². The summed E-state index contributed by atoms with van der Waals surface area (Å²) >= 11 is 7.94. The maximum absolute atomic E-state index is 12.7. The average Bonchev–Trinajstić information content (AvgIpc) is 3.54. The molecule has 46 heavy (non-hydrogen) atoms. The molecule has 0 aliphatic heterocycles. The number of hydrogen-bond acceptors (Lipinski definition) is 9. The molecule has 0 spiro atoms. The minimum absolute atomic E-state index is 0.202. The van der Waals surface area contributed by atoms with Gasteiger partial charge in [-0.1, -0.05) is 41.4 Å². The Morgan fingerprint density at radius 2 is 1.65 bits per heavy atom. The van der Waals surface area contributed by atoms with E-state index in [0.717, 1.165) is 22.1 Å². The van der Waals surface area contributed by atoms with Crippen LogP contribution in [0.4, 0.5) is 16.5 Å². The largest absolute Gasteiger partial charge is 0.497 e. The summed E-state index contributed by atoms with van der Waals surface area (Å²) in [6.45, 7) is 1.75. The van der Waals surface area contributed by atoms with Crippen molar-refractivity contribution in [2.75, 3.05) is 31.5 Å². The van der Waals surface area contributed by atoms with Gasteiger partial charge in [-0.05, 0) is 73.2 Å². The lowest BCUT2D eigenvalue weighted by Gasteiger charge is -2.13. The van der Waals surface area contributed by atoms with Crippen molar-refractivity contribution in [3.63, 3.8) is 0 Å². The molecule has 0 aliphatic rings. The van der Waals surface area contributed by atoms with Crippen LogP contribution in [-0.4, -0.2) is 43.8 Å². The Kier molecular flexibility index (Phi) is 10.5. The summed E-state index contributed by atoms with van der Waals surface area (Å²) in [7, 11) is 3.02. The fraction of sp³-hybridized carbons (Fsp3) is 0.118. The number of halogens is 1. The van der Waals surface area contributed by atoms with Gasteiger partial charge in [0.1, 0.15) is 5.75 Å². The number of carbonyl (C=O) groups excluding carboxylic acids is 2. The molecule has 1 heterocycles. The molecule has 0 aliphatic carbocycles. The highest BCUT2D eigenvalue weighted by Crippen LogP contribution is 2.36. The lowest BCUT2D eigenvalue weighted by atomic mass is 10.1. The topological polar surface area (TPSA) is 123 Å². The number of nitrogens with one attached hydrogen (secondary N) is 3. The first-order valence-electron chi connectivity index (χ1n) is 14.0. The van der Waals surface area contributed by atoms with E-state index in [1.165, 1.54) is 30.2 Å². The zero-order valence-corrected chi connectivity index (χ0v) is 26.7. The minimum atomic E-state index is -0.385. The molecule has 0 atom stereocenters. The van der Waals surface area contributed by atoms with Gasteiger partial charge < -0.3 is 24.8 Å². The predicted molar refractivity (Wildman–Crippen MR) is 182 cm³/mol. The maximum Gasteiger partial charge on any atom is 0.271 e. The van der Waals surface area contributed by atoms with E-state index in [1.54, 1.807) is 55.6 Å². The van der Waals surface area contributed by atoms with Gasteiger partial charge in [0.25, 0.3) is 11.8 Å². The second-order valence-electron chi connectivity index (χ2n) is 9.90. The quantitative estimate of drug-likeness (QED) is 0.0951. The first kappa shape index (κ1) is 32.0. The number of anilines is 3. The molecule has 0 fully saturated rings. The molecule has 1 aromatic heterocycles. The molecule has 0 bridgehead atoms. The highest BCUT2D eigenvalue weighted by atomic mass is 35.5. The third-order valence-electron chi connectivity index (χ3n) is 6.60. The number of methoxy groups -OCH3 is 2. The first-order valence-corrected chi connectivity index (χ1v) is 15.2. The molecule has 234 valence electrons. The summed E-state index contributed by atoms with van der Waals surface area (Å²) in [5, 5.41) is 13.0. The van der Waals surface area contributed by atoms with Gasteiger partial charge in [-0.3, -0.25) is 9.59 Å². The number of benzene rings is 4. The van der Waals surface area contributed by atoms with Crippen molar-refractivity contribution in [1.82, 2.24) is 10.4 Å². The second-order valence-corrected chi connectivity index (χ2v) is 11.2. The molecule has 0 saturated carbocycles. The Balaban J connectivity index is 1.15. The van der Waals surface area contributed by atoms with E-state index in [1.807, 2.05) is 48.7 Å². The zero-order chi connectivity index (χ0) is 32.5. The van der Waals surface area contributed by atoms with E-state index >= 15 is 0 Å². The fourth-order valence-electron chi connectivity index (χ4n) is 4.21. The van der Waals surface area contributed by atoms with E-state index < -0.39 is 0 Å². The normalized spacial score (nSPS) is 10.8. The van der Waals surface area contributed by atoms with Crippen LogP contribution in [0.3, 0.4) is 0 Å². The Labute approximate surface area is 275 Å². The third-order valence-corrected chi connectivity index (χ3v) is 7.64. The molecule has 5 aromatic rings. The van der Waals surface area contributed by atoms with Gasteiger partial charge >= 0.3 is 0 Å². The first-order chi connectivity index (χ1) is 22.3. The van der Waals surface area contributed by atoms with Gasteiger partial charge in [0, 0.05) is 27.9 Å². The lowest BCUT2D eigenvalue weighted by Crippen LogP contribution is -2.20. The number of nitrogens with zero attached hydrogens (tertiary/aromatic N) is 2. The van der Waals surface area contributed by atoms with Gasteiger partial charge in [0.05, 0.1) is 31.2 Å². The summed E-state index contributed by atoms with van der Waals surface area (Å²) < 4.78 is 16.2. The number of thiazole rings is 1. The van der Waals surface area contributed by atoms with Gasteiger partial charge in [-0.2, -0.15) is 5.10 Å². The minimum Gasteiger partial charge on any atom is -0.497 e. The van der Waals surface area contributed by atoms with Crippen LogP contribution in [0.1, 0.15) is 21.5 Å². The number of aromatic nitrogens is 1. The molecule has 2 amide bonds. The van der Waals surface area contributed by atoms with Gasteiger partial charge in [-0.15, -0.1) is 11.3 Å². The van der Waals surface area contributed by atoms with E-state index in [0.29, 0.717) is 28.3 Å². The van der Waals surface area contributed by atoms with Crippen LogP contribution in [0.2, 0.25) is 5.02 Å². The number of amides is 2. The Morgan fingerprint density at radius 1 is 0.935 bits per heavy atom. The Morgan fingerprint density at radius 3 is 2.35 bits per heavy atom. The van der Waals surface area contributed by atoms with Crippen molar-refractivity contribution in [3.8, 4) is 28.5 Å². The van der Waals surface area contributed by atoms with Crippen LogP contribution < -0.4 is 30.3 Å². The summed E-state index contributed by atoms with van der Waals surface area (Å²) in [6.07, 6.45) is 1.43. The smallest absolute Gasteiger partial charge is 0.271 e. The van der Waals surface area contributed by atoms with Crippen molar-refractivity contribution in [3.05, 3.63) is 112 Å². The van der Waals surface area contributed by atoms with Crippen LogP contribution >= 0.6 is 22.9 Å². The Hall–Kier alpha value is -5.39. The van der Waals surface area contributed by atoms with E-state index in [9.17, 15) is 9.59 Å². The monoisotopic (exact) mass is 655 g/mol. The van der Waals surface area contributed by atoms with Crippen molar-refractivity contribution in [1.29, 1.82) is 0 Å². The molecular formula is C34H30ClN5O5S. The highest BCUT2D eigenvalue weighted by Gasteiger charge is 2.14. The van der Waals surface area contributed by atoms with Gasteiger partial charge in [-0.25, -0.2) is 10.4 Å². The molecule has 5 rings (SSSR count).